The van der Waals surface area contributed by atoms with Gasteiger partial charge in [0.25, 0.3) is 0 Å². The van der Waals surface area contributed by atoms with Crippen LogP contribution in [0.3, 0.4) is 0 Å². The van der Waals surface area contributed by atoms with Gasteiger partial charge >= 0.3 is 5.97 Å². The topological polar surface area (TPSA) is 74.2 Å². The second-order valence-electron chi connectivity index (χ2n) is 10.4. The van der Waals surface area contributed by atoms with Crippen LogP contribution in [0.15, 0.2) is 60.7 Å². The highest BCUT2D eigenvalue weighted by molar-refractivity contribution is 5.74. The summed E-state index contributed by atoms with van der Waals surface area (Å²) in [6.45, 7) is 7.71. The van der Waals surface area contributed by atoms with E-state index in [1.54, 1.807) is 0 Å². The lowest BCUT2D eigenvalue weighted by Gasteiger charge is -2.27. The molecule has 0 radical (unpaired) electrons. The Hall–Kier alpha value is -3.51. The van der Waals surface area contributed by atoms with Crippen molar-refractivity contribution in [3.63, 3.8) is 0 Å². The normalized spacial score (nSPS) is 17.0. The smallest absolute Gasteiger partial charge is 0.315 e. The van der Waals surface area contributed by atoms with E-state index in [1.165, 1.54) is 11.1 Å². The van der Waals surface area contributed by atoms with E-state index < -0.39 is 18.0 Å². The quantitative estimate of drug-likeness (QED) is 0.217. The first-order valence-electron chi connectivity index (χ1n) is 13.9. The monoisotopic (exact) mass is 532 g/mol. The summed E-state index contributed by atoms with van der Waals surface area (Å²) in [6.07, 6.45) is 2.85. The number of aryl methyl sites for hydroxylation is 5. The van der Waals surface area contributed by atoms with E-state index in [0.717, 1.165) is 59.6 Å². The van der Waals surface area contributed by atoms with Crippen LogP contribution in [0.2, 0.25) is 0 Å². The average molecular weight is 533 g/mol. The zero-order chi connectivity index (χ0) is 27.6. The van der Waals surface area contributed by atoms with Crippen molar-refractivity contribution in [3.8, 4) is 17.2 Å². The zero-order valence-corrected chi connectivity index (χ0v) is 23.3. The highest BCUT2D eigenvalue weighted by atomic mass is 16.5. The summed E-state index contributed by atoms with van der Waals surface area (Å²) in [4.78, 5) is 12.3. The molecule has 0 amide bonds. The van der Waals surface area contributed by atoms with Gasteiger partial charge in [0.15, 0.2) is 0 Å². The van der Waals surface area contributed by atoms with Gasteiger partial charge in [0.1, 0.15) is 29.8 Å². The summed E-state index contributed by atoms with van der Waals surface area (Å²) in [5.74, 6) is 1.43. The summed E-state index contributed by atoms with van der Waals surface area (Å²) in [7, 11) is 0. The van der Waals surface area contributed by atoms with Crippen molar-refractivity contribution in [1.82, 2.24) is 0 Å². The summed E-state index contributed by atoms with van der Waals surface area (Å²) < 4.78 is 23.4. The Morgan fingerprint density at radius 3 is 1.77 bits per heavy atom. The molecule has 4 rings (SSSR count). The molecular weight excluding hydrogens is 492 g/mol. The van der Waals surface area contributed by atoms with Gasteiger partial charge in [-0.2, -0.15) is 0 Å². The maximum absolute atomic E-state index is 12.3. The fourth-order valence-corrected chi connectivity index (χ4v) is 4.76. The largest absolute Gasteiger partial charge is 0.494 e. The molecule has 6 nitrogen and oxygen atoms in total. The number of esters is 1. The van der Waals surface area contributed by atoms with E-state index in [9.17, 15) is 9.90 Å². The Kier molecular flexibility index (Phi) is 10.3. The number of carbonyl (C=O) groups is 1. The van der Waals surface area contributed by atoms with Crippen LogP contribution in [0.5, 0.6) is 17.2 Å². The highest BCUT2D eigenvalue weighted by Gasteiger charge is 2.33. The lowest BCUT2D eigenvalue weighted by Crippen LogP contribution is -2.40. The number of carbonyl (C=O) groups excluding carboxylic acids is 1. The number of hydrogen-bond acceptors (Lipinski definition) is 6. The van der Waals surface area contributed by atoms with Crippen LogP contribution in [0, 0.1) is 26.7 Å². The molecule has 1 aliphatic rings. The molecule has 3 aromatic carbocycles. The Balaban J connectivity index is 1.42. The molecule has 1 fully saturated rings. The number of aliphatic hydroxyl groups excluding tert-OH is 1. The summed E-state index contributed by atoms with van der Waals surface area (Å²) >= 11 is 0. The van der Waals surface area contributed by atoms with Gasteiger partial charge in [-0.1, -0.05) is 53.1 Å². The van der Waals surface area contributed by atoms with Crippen molar-refractivity contribution in [2.24, 2.45) is 5.92 Å². The van der Waals surface area contributed by atoms with Crippen LogP contribution in [0.25, 0.3) is 0 Å². The number of ether oxygens (including phenoxy) is 4. The molecule has 0 aromatic heterocycles. The molecule has 1 N–H and O–H groups in total. The Labute approximate surface area is 231 Å². The van der Waals surface area contributed by atoms with Crippen LogP contribution in [0.4, 0.5) is 0 Å². The van der Waals surface area contributed by atoms with Gasteiger partial charge in [-0.3, -0.25) is 4.79 Å². The lowest BCUT2D eigenvalue weighted by molar-refractivity contribution is -0.162. The summed E-state index contributed by atoms with van der Waals surface area (Å²) in [5, 5.41) is 10.4. The zero-order valence-electron chi connectivity index (χ0n) is 23.3. The number of benzene rings is 3. The average Bonchev–Trinajstić information content (AvgIpc) is 2.91. The third-order valence-electron chi connectivity index (χ3n) is 6.98. The van der Waals surface area contributed by atoms with E-state index in [-0.39, 0.29) is 13.2 Å². The van der Waals surface area contributed by atoms with Crippen LogP contribution in [-0.2, 0) is 22.4 Å². The minimum Gasteiger partial charge on any atom is -0.494 e. The van der Waals surface area contributed by atoms with Crippen molar-refractivity contribution in [2.75, 3.05) is 26.4 Å². The molecule has 39 heavy (non-hydrogen) atoms. The fourth-order valence-electron chi connectivity index (χ4n) is 4.76. The van der Waals surface area contributed by atoms with Crippen molar-refractivity contribution < 1.29 is 28.8 Å². The molecule has 6 heteroatoms. The minimum absolute atomic E-state index is 0.0861. The molecule has 3 aromatic rings. The van der Waals surface area contributed by atoms with E-state index in [4.69, 9.17) is 18.9 Å². The number of rotatable bonds is 13. The Morgan fingerprint density at radius 1 is 0.769 bits per heavy atom. The standard InChI is InChI=1S/C33H40O6/c1-23-8-12-28(13-9-23)36-17-4-6-26-20-25(3)21-27(7-5-18-37-29-14-10-24(2)11-15-29)32(26)39-22-30-31(34)16-19-38-33(30)35/h8-15,20-21,30-31,34H,4-7,16-19,22H2,1-3H3/t30-,31+/m0/s1. The summed E-state index contributed by atoms with van der Waals surface area (Å²) in [6, 6.07) is 20.4. The molecule has 1 aliphatic heterocycles. The van der Waals surface area contributed by atoms with Gasteiger partial charge in [0.2, 0.25) is 0 Å². The first-order valence-corrected chi connectivity index (χ1v) is 13.9. The van der Waals surface area contributed by atoms with Crippen molar-refractivity contribution >= 4 is 5.97 Å². The first kappa shape index (κ1) is 28.5. The Morgan fingerprint density at radius 2 is 1.28 bits per heavy atom. The molecular formula is C33H40O6. The third-order valence-corrected chi connectivity index (χ3v) is 6.98. The molecule has 0 unspecified atom stereocenters. The van der Waals surface area contributed by atoms with Crippen molar-refractivity contribution in [2.45, 2.75) is 59.0 Å². The van der Waals surface area contributed by atoms with E-state index in [1.807, 2.05) is 48.5 Å². The molecule has 0 spiro atoms. The predicted octanol–water partition coefficient (Wildman–Crippen LogP) is 5.94. The third kappa shape index (κ3) is 8.49. The molecule has 0 saturated carbocycles. The minimum atomic E-state index is -0.755. The lowest BCUT2D eigenvalue weighted by atomic mass is 9.97. The van der Waals surface area contributed by atoms with E-state index in [2.05, 4.69) is 32.9 Å². The predicted molar refractivity (Wildman–Crippen MR) is 152 cm³/mol. The van der Waals surface area contributed by atoms with Gasteiger partial charge in [0.05, 0.1) is 25.9 Å². The SMILES string of the molecule is Cc1ccc(OCCCc2cc(C)cc(CCCOc3ccc(C)cc3)c2OC[C@@H]2C(=O)OCC[C@H]2O)cc1. The molecule has 208 valence electrons. The van der Waals surface area contributed by atoms with Crippen LogP contribution in [-0.4, -0.2) is 43.6 Å². The van der Waals surface area contributed by atoms with E-state index >= 15 is 0 Å². The molecule has 2 atom stereocenters. The first-order chi connectivity index (χ1) is 18.9. The number of aliphatic hydroxyl groups is 1. The molecule has 0 aliphatic carbocycles. The van der Waals surface area contributed by atoms with Gasteiger partial charge in [-0.05, 0) is 81.8 Å². The maximum Gasteiger partial charge on any atom is 0.315 e. The molecule has 1 saturated heterocycles. The van der Waals surface area contributed by atoms with Gasteiger partial charge in [-0.25, -0.2) is 0 Å². The van der Waals surface area contributed by atoms with E-state index in [0.29, 0.717) is 19.6 Å². The van der Waals surface area contributed by atoms with Crippen molar-refractivity contribution in [3.05, 3.63) is 88.5 Å². The Bertz CT molecular complexity index is 1130. The van der Waals surface area contributed by atoms with Gasteiger partial charge in [-0.15, -0.1) is 0 Å². The molecule has 1 heterocycles. The highest BCUT2D eigenvalue weighted by Crippen LogP contribution is 2.30. The second kappa shape index (κ2) is 14.0. The van der Waals surface area contributed by atoms with Crippen LogP contribution >= 0.6 is 0 Å². The maximum atomic E-state index is 12.3. The number of cyclic esters (lactones) is 1. The summed E-state index contributed by atoms with van der Waals surface area (Å²) in [5.41, 5.74) is 5.72. The second-order valence-corrected chi connectivity index (χ2v) is 10.4. The number of hydrogen-bond donors (Lipinski definition) is 1. The fraction of sp³-hybridized carbons (Fsp3) is 0.424. The van der Waals surface area contributed by atoms with Crippen LogP contribution in [0.1, 0.15) is 47.1 Å². The van der Waals surface area contributed by atoms with Crippen molar-refractivity contribution in [1.29, 1.82) is 0 Å². The van der Waals surface area contributed by atoms with Gasteiger partial charge < -0.3 is 24.1 Å². The molecule has 0 bridgehead atoms. The van der Waals surface area contributed by atoms with Crippen LogP contribution < -0.4 is 14.2 Å². The van der Waals surface area contributed by atoms with Gasteiger partial charge in [0, 0.05) is 6.42 Å².